The van der Waals surface area contributed by atoms with E-state index in [-0.39, 0.29) is 30.4 Å². The number of aromatic nitrogens is 2. The lowest BCUT2D eigenvalue weighted by atomic mass is 10.0. The number of hydrogen-bond donors (Lipinski definition) is 1. The van der Waals surface area contributed by atoms with Crippen molar-refractivity contribution in [3.8, 4) is 11.3 Å². The van der Waals surface area contributed by atoms with Crippen molar-refractivity contribution in [3.05, 3.63) is 34.9 Å². The maximum Gasteiger partial charge on any atom is 0.259 e. The Balaban J connectivity index is 0.00000225. The quantitative estimate of drug-likeness (QED) is 0.701. The highest BCUT2D eigenvalue weighted by atomic mass is 35.5. The van der Waals surface area contributed by atoms with E-state index in [1.54, 1.807) is 0 Å². The number of fused-ring (bicyclic) bond motifs is 1. The lowest BCUT2D eigenvalue weighted by Crippen LogP contribution is -2.57. The highest BCUT2D eigenvalue weighted by Crippen LogP contribution is 2.31. The minimum atomic E-state index is -0.0198. The van der Waals surface area contributed by atoms with Crippen molar-refractivity contribution >= 4 is 29.4 Å². The Morgan fingerprint density at radius 2 is 2.00 bits per heavy atom. The molecule has 8 heteroatoms. The Morgan fingerprint density at radius 3 is 2.68 bits per heavy atom. The van der Waals surface area contributed by atoms with Gasteiger partial charge in [-0.05, 0) is 46.8 Å². The highest BCUT2D eigenvalue weighted by Gasteiger charge is 2.31. The van der Waals surface area contributed by atoms with E-state index in [9.17, 15) is 4.79 Å². The number of furan rings is 1. The van der Waals surface area contributed by atoms with E-state index in [0.717, 1.165) is 23.6 Å². The van der Waals surface area contributed by atoms with Gasteiger partial charge in [0.05, 0.1) is 22.3 Å². The van der Waals surface area contributed by atoms with Gasteiger partial charge in [0.15, 0.2) is 0 Å². The molecule has 2 atom stereocenters. The van der Waals surface area contributed by atoms with Gasteiger partial charge in [0.1, 0.15) is 11.5 Å². The van der Waals surface area contributed by atoms with Crippen LogP contribution in [0.5, 0.6) is 0 Å². The van der Waals surface area contributed by atoms with E-state index in [1.807, 2.05) is 37.8 Å². The van der Waals surface area contributed by atoms with Crippen LogP contribution in [0.4, 0.5) is 0 Å². The number of hydrogen-bond acceptors (Lipinski definition) is 6. The predicted octanol–water partition coefficient (Wildman–Crippen LogP) is 3.65. The van der Waals surface area contributed by atoms with E-state index in [1.165, 1.54) is 0 Å². The summed E-state index contributed by atoms with van der Waals surface area (Å²) in [6.45, 7) is 11.2. The fraction of sp³-hybridized carbons (Fsp3) is 0.450. The number of nitrogens with one attached hydrogen (secondary N) is 1. The van der Waals surface area contributed by atoms with Gasteiger partial charge in [-0.2, -0.15) is 0 Å². The molecule has 1 fully saturated rings. The first-order chi connectivity index (χ1) is 12.9. The van der Waals surface area contributed by atoms with Crippen LogP contribution in [0.25, 0.3) is 22.4 Å². The van der Waals surface area contributed by atoms with Gasteiger partial charge in [0, 0.05) is 30.7 Å². The second-order valence-electron chi connectivity index (χ2n) is 7.31. The SMILES string of the molecule is Cc1cc(-c2cc(C(=O)N3CCNC(C)C3C)c3c(C)noc3n2)c(C)o1.Cl. The third kappa shape index (κ3) is 3.29. The molecule has 0 aliphatic carbocycles. The van der Waals surface area contributed by atoms with E-state index in [4.69, 9.17) is 8.94 Å². The fourth-order valence-corrected chi connectivity index (χ4v) is 3.78. The van der Waals surface area contributed by atoms with Gasteiger partial charge in [-0.1, -0.05) is 5.16 Å². The summed E-state index contributed by atoms with van der Waals surface area (Å²) in [6, 6.07) is 4.10. The fourth-order valence-electron chi connectivity index (χ4n) is 3.78. The summed E-state index contributed by atoms with van der Waals surface area (Å²) < 4.78 is 11.1. The maximum atomic E-state index is 13.5. The Hall–Kier alpha value is -2.38. The molecule has 4 rings (SSSR count). The molecule has 1 aliphatic heterocycles. The Labute approximate surface area is 169 Å². The summed E-state index contributed by atoms with van der Waals surface area (Å²) in [5, 5.41) is 8.13. The number of pyridine rings is 1. The van der Waals surface area contributed by atoms with Crippen LogP contribution in [-0.4, -0.2) is 46.1 Å². The summed E-state index contributed by atoms with van der Waals surface area (Å²) in [5.74, 6) is 1.54. The van der Waals surface area contributed by atoms with Crippen molar-refractivity contribution in [3.63, 3.8) is 0 Å². The Morgan fingerprint density at radius 1 is 1.25 bits per heavy atom. The predicted molar refractivity (Wildman–Crippen MR) is 109 cm³/mol. The van der Waals surface area contributed by atoms with Crippen LogP contribution in [-0.2, 0) is 0 Å². The minimum absolute atomic E-state index is 0. The average Bonchev–Trinajstić information content (AvgIpc) is 3.18. The molecular weight excluding hydrogens is 380 g/mol. The number of amides is 1. The lowest BCUT2D eigenvalue weighted by Gasteiger charge is -2.38. The van der Waals surface area contributed by atoms with E-state index in [0.29, 0.717) is 34.6 Å². The molecule has 1 saturated heterocycles. The molecule has 0 aromatic carbocycles. The maximum absolute atomic E-state index is 13.5. The summed E-state index contributed by atoms with van der Waals surface area (Å²) in [5.41, 5.74) is 3.14. The molecule has 1 aliphatic rings. The molecule has 4 heterocycles. The number of halogens is 1. The van der Waals surface area contributed by atoms with E-state index in [2.05, 4.69) is 29.3 Å². The van der Waals surface area contributed by atoms with E-state index < -0.39 is 0 Å². The molecule has 3 aromatic rings. The molecule has 2 unspecified atom stereocenters. The van der Waals surface area contributed by atoms with Gasteiger partial charge in [0.25, 0.3) is 11.6 Å². The normalized spacial score (nSPS) is 19.7. The van der Waals surface area contributed by atoms with Gasteiger partial charge >= 0.3 is 0 Å². The third-order valence-electron chi connectivity index (χ3n) is 5.46. The second kappa shape index (κ2) is 7.56. The number of piperazine rings is 1. The third-order valence-corrected chi connectivity index (χ3v) is 5.46. The molecule has 150 valence electrons. The Kier molecular flexibility index (Phi) is 5.50. The molecule has 0 saturated carbocycles. The molecule has 1 amide bonds. The van der Waals surface area contributed by atoms with Crippen LogP contribution >= 0.6 is 12.4 Å². The van der Waals surface area contributed by atoms with Crippen LogP contribution in [0, 0.1) is 20.8 Å². The summed E-state index contributed by atoms with van der Waals surface area (Å²) in [6.07, 6.45) is 0. The molecular formula is C20H25ClN4O3. The first kappa shape index (κ1) is 20.4. The molecule has 0 radical (unpaired) electrons. The number of carbonyl (C=O) groups excluding carboxylic acids is 1. The standard InChI is InChI=1S/C20H24N4O3.ClH/c1-10-8-15(14(5)26-10)17-9-16(18-12(3)23-27-19(18)22-17)20(25)24-7-6-21-11(2)13(24)4;/h8-9,11,13,21H,6-7H2,1-5H3;1H. The zero-order valence-corrected chi connectivity index (χ0v) is 17.5. The average molecular weight is 405 g/mol. The lowest BCUT2D eigenvalue weighted by molar-refractivity contribution is 0.0605. The molecule has 1 N–H and O–H groups in total. The number of nitrogens with zero attached hydrogens (tertiary/aromatic N) is 3. The largest absolute Gasteiger partial charge is 0.466 e. The van der Waals surface area contributed by atoms with Crippen molar-refractivity contribution in [2.75, 3.05) is 13.1 Å². The zero-order valence-electron chi connectivity index (χ0n) is 16.7. The topological polar surface area (TPSA) is 84.4 Å². The first-order valence-corrected chi connectivity index (χ1v) is 9.25. The van der Waals surface area contributed by atoms with Crippen LogP contribution in [0.2, 0.25) is 0 Å². The molecule has 3 aromatic heterocycles. The van der Waals surface area contributed by atoms with Crippen molar-refractivity contribution in [1.82, 2.24) is 20.4 Å². The molecule has 7 nitrogen and oxygen atoms in total. The smallest absolute Gasteiger partial charge is 0.259 e. The number of aryl methyl sites for hydroxylation is 3. The van der Waals surface area contributed by atoms with Gasteiger partial charge in [-0.3, -0.25) is 4.79 Å². The summed E-state index contributed by atoms with van der Waals surface area (Å²) >= 11 is 0. The van der Waals surface area contributed by atoms with Gasteiger partial charge < -0.3 is 19.2 Å². The van der Waals surface area contributed by atoms with Crippen LogP contribution in [0.15, 0.2) is 21.1 Å². The van der Waals surface area contributed by atoms with Gasteiger partial charge in [-0.15, -0.1) is 12.4 Å². The van der Waals surface area contributed by atoms with Crippen LogP contribution < -0.4 is 5.32 Å². The zero-order chi connectivity index (χ0) is 19.3. The summed E-state index contributed by atoms with van der Waals surface area (Å²) in [4.78, 5) is 20.0. The molecule has 28 heavy (non-hydrogen) atoms. The van der Waals surface area contributed by atoms with Crippen molar-refractivity contribution < 1.29 is 13.7 Å². The van der Waals surface area contributed by atoms with E-state index >= 15 is 0 Å². The molecule has 0 spiro atoms. The Bertz CT molecular complexity index is 1030. The van der Waals surface area contributed by atoms with Crippen molar-refractivity contribution in [2.24, 2.45) is 0 Å². The van der Waals surface area contributed by atoms with Crippen molar-refractivity contribution in [1.29, 1.82) is 0 Å². The number of carbonyl (C=O) groups is 1. The van der Waals surface area contributed by atoms with Crippen molar-refractivity contribution in [2.45, 2.75) is 46.7 Å². The summed E-state index contributed by atoms with van der Waals surface area (Å²) in [7, 11) is 0. The highest BCUT2D eigenvalue weighted by molar-refractivity contribution is 6.07. The van der Waals surface area contributed by atoms with Gasteiger partial charge in [-0.25, -0.2) is 4.98 Å². The molecule has 0 bridgehead atoms. The second-order valence-corrected chi connectivity index (χ2v) is 7.31. The number of rotatable bonds is 2. The monoisotopic (exact) mass is 404 g/mol. The first-order valence-electron chi connectivity index (χ1n) is 9.25. The van der Waals surface area contributed by atoms with Crippen LogP contribution in [0.3, 0.4) is 0 Å². The minimum Gasteiger partial charge on any atom is -0.466 e. The van der Waals surface area contributed by atoms with Crippen LogP contribution in [0.1, 0.15) is 41.4 Å². The van der Waals surface area contributed by atoms with Gasteiger partial charge in [0.2, 0.25) is 0 Å².